The molecule has 6 heteroatoms. The molecule has 0 spiro atoms. The molecular weight excluding hydrogens is 474 g/mol. The molecule has 1 aliphatic heterocycles. The smallest absolute Gasteiger partial charge is 0.303 e. The number of benzene rings is 3. The van der Waals surface area contributed by atoms with Gasteiger partial charge in [-0.1, -0.05) is 67.6 Å². The number of carboxylic acid groups (broad SMARTS) is 1. The SMILES string of the molecule is C[C@]1(c2ccccc2)CCCN(C(=O)c2ccc3nc(-c4ccccc4)c(CCCCC(=O)O)nc3c2)C1. The summed E-state index contributed by atoms with van der Waals surface area (Å²) < 4.78 is 0. The first-order valence-corrected chi connectivity index (χ1v) is 13.4. The zero-order valence-corrected chi connectivity index (χ0v) is 21.8. The van der Waals surface area contributed by atoms with Crippen LogP contribution in [0.25, 0.3) is 22.3 Å². The molecule has 1 saturated heterocycles. The van der Waals surface area contributed by atoms with E-state index in [9.17, 15) is 9.59 Å². The van der Waals surface area contributed by atoms with E-state index in [0.717, 1.165) is 41.9 Å². The van der Waals surface area contributed by atoms with Gasteiger partial charge in [0.1, 0.15) is 0 Å². The molecule has 1 aliphatic rings. The number of fused-ring (bicyclic) bond motifs is 1. The number of carbonyl (C=O) groups is 2. The van der Waals surface area contributed by atoms with Crippen LogP contribution in [-0.4, -0.2) is 44.9 Å². The Bertz CT molecular complexity index is 1440. The van der Waals surface area contributed by atoms with Crippen LogP contribution in [0, 0.1) is 0 Å². The number of hydrogen-bond donors (Lipinski definition) is 1. The van der Waals surface area contributed by atoms with Gasteiger partial charge >= 0.3 is 5.97 Å². The molecule has 5 rings (SSSR count). The van der Waals surface area contributed by atoms with Gasteiger partial charge in [0.05, 0.1) is 22.4 Å². The highest BCUT2D eigenvalue weighted by Gasteiger charge is 2.34. The fourth-order valence-electron chi connectivity index (χ4n) is 5.47. The number of carboxylic acids is 1. The van der Waals surface area contributed by atoms with E-state index in [0.29, 0.717) is 36.9 Å². The molecule has 6 nitrogen and oxygen atoms in total. The maximum atomic E-state index is 13.6. The Morgan fingerprint density at radius 3 is 2.39 bits per heavy atom. The van der Waals surface area contributed by atoms with Gasteiger partial charge < -0.3 is 10.0 Å². The molecule has 0 bridgehead atoms. The highest BCUT2D eigenvalue weighted by Crippen LogP contribution is 2.34. The van der Waals surface area contributed by atoms with E-state index in [1.165, 1.54) is 5.56 Å². The van der Waals surface area contributed by atoms with Crippen LogP contribution in [0.15, 0.2) is 78.9 Å². The number of amides is 1. The normalized spacial score (nSPS) is 17.4. The topological polar surface area (TPSA) is 83.4 Å². The summed E-state index contributed by atoms with van der Waals surface area (Å²) in [5.74, 6) is -0.771. The molecule has 38 heavy (non-hydrogen) atoms. The fourth-order valence-corrected chi connectivity index (χ4v) is 5.47. The number of carbonyl (C=O) groups excluding carboxylic acids is 1. The van der Waals surface area contributed by atoms with Crippen molar-refractivity contribution in [3.05, 3.63) is 95.7 Å². The van der Waals surface area contributed by atoms with Crippen molar-refractivity contribution in [2.45, 2.75) is 50.9 Å². The number of aliphatic carboxylic acids is 1. The van der Waals surface area contributed by atoms with Gasteiger partial charge in [0.15, 0.2) is 0 Å². The maximum absolute atomic E-state index is 13.6. The average molecular weight is 508 g/mol. The third-order valence-corrected chi connectivity index (χ3v) is 7.54. The van der Waals surface area contributed by atoms with Crippen LogP contribution >= 0.6 is 0 Å². The molecular formula is C32H33N3O3. The molecule has 2 heterocycles. The zero-order chi connectivity index (χ0) is 26.5. The number of rotatable bonds is 8. The Kier molecular flexibility index (Phi) is 7.50. The summed E-state index contributed by atoms with van der Waals surface area (Å²) in [6, 6.07) is 26.0. The molecule has 0 radical (unpaired) electrons. The number of piperidine rings is 1. The molecule has 3 aromatic carbocycles. The minimum absolute atomic E-state index is 0.0192. The molecule has 1 fully saturated rings. The summed E-state index contributed by atoms with van der Waals surface area (Å²) >= 11 is 0. The van der Waals surface area contributed by atoms with Gasteiger partial charge in [-0.05, 0) is 55.9 Å². The van der Waals surface area contributed by atoms with Crippen molar-refractivity contribution in [3.8, 4) is 11.3 Å². The van der Waals surface area contributed by atoms with E-state index in [4.69, 9.17) is 15.1 Å². The van der Waals surface area contributed by atoms with Gasteiger partial charge in [-0.3, -0.25) is 9.59 Å². The standard InChI is InChI=1S/C32H33N3O3/c1-32(25-13-6-3-7-14-25)19-10-20-35(22-32)31(38)24-17-18-26-28(21-24)33-27(15-8-9-16-29(36)37)30(34-26)23-11-4-2-5-12-23/h2-7,11-14,17-18,21H,8-10,15-16,19-20,22H2,1H3,(H,36,37)/t32-/m0/s1. The quantitative estimate of drug-likeness (QED) is 0.284. The van der Waals surface area contributed by atoms with Crippen molar-refractivity contribution < 1.29 is 14.7 Å². The summed E-state index contributed by atoms with van der Waals surface area (Å²) in [6.45, 7) is 3.67. The van der Waals surface area contributed by atoms with Crippen molar-refractivity contribution in [2.75, 3.05) is 13.1 Å². The van der Waals surface area contributed by atoms with E-state index in [2.05, 4.69) is 31.2 Å². The van der Waals surface area contributed by atoms with Gasteiger partial charge in [-0.15, -0.1) is 0 Å². The number of aryl methyl sites for hydroxylation is 1. The second kappa shape index (κ2) is 11.1. The Morgan fingerprint density at radius 1 is 0.921 bits per heavy atom. The summed E-state index contributed by atoms with van der Waals surface area (Å²) in [5, 5.41) is 9.01. The highest BCUT2D eigenvalue weighted by atomic mass is 16.4. The lowest BCUT2D eigenvalue weighted by Gasteiger charge is -2.41. The van der Waals surface area contributed by atoms with Crippen molar-refractivity contribution in [1.29, 1.82) is 0 Å². The number of likely N-dealkylation sites (tertiary alicyclic amines) is 1. The summed E-state index contributed by atoms with van der Waals surface area (Å²) in [5.41, 5.74) is 5.85. The predicted octanol–water partition coefficient (Wildman–Crippen LogP) is 6.29. The molecule has 0 unspecified atom stereocenters. The van der Waals surface area contributed by atoms with Gasteiger partial charge in [0, 0.05) is 36.1 Å². The second-order valence-corrected chi connectivity index (χ2v) is 10.4. The Balaban J connectivity index is 1.43. The minimum Gasteiger partial charge on any atom is -0.481 e. The Morgan fingerprint density at radius 2 is 1.66 bits per heavy atom. The summed E-state index contributed by atoms with van der Waals surface area (Å²) in [4.78, 5) is 36.4. The van der Waals surface area contributed by atoms with Crippen LogP contribution < -0.4 is 0 Å². The van der Waals surface area contributed by atoms with Crippen LogP contribution in [0.2, 0.25) is 0 Å². The number of nitrogens with zero attached hydrogens (tertiary/aromatic N) is 3. The van der Waals surface area contributed by atoms with Crippen molar-refractivity contribution in [1.82, 2.24) is 14.9 Å². The molecule has 0 saturated carbocycles. The molecule has 1 aromatic heterocycles. The van der Waals surface area contributed by atoms with E-state index >= 15 is 0 Å². The number of hydrogen-bond acceptors (Lipinski definition) is 4. The van der Waals surface area contributed by atoms with Crippen LogP contribution in [0.1, 0.15) is 60.6 Å². The lowest BCUT2D eigenvalue weighted by molar-refractivity contribution is -0.137. The predicted molar refractivity (Wildman–Crippen MR) is 149 cm³/mol. The first kappa shape index (κ1) is 25.6. The molecule has 1 amide bonds. The van der Waals surface area contributed by atoms with Crippen LogP contribution in [-0.2, 0) is 16.6 Å². The van der Waals surface area contributed by atoms with Crippen LogP contribution in [0.4, 0.5) is 0 Å². The minimum atomic E-state index is -0.790. The average Bonchev–Trinajstić information content (AvgIpc) is 2.95. The van der Waals surface area contributed by atoms with Gasteiger partial charge in [-0.25, -0.2) is 9.97 Å². The Labute approximate surface area is 223 Å². The van der Waals surface area contributed by atoms with Gasteiger partial charge in [-0.2, -0.15) is 0 Å². The second-order valence-electron chi connectivity index (χ2n) is 10.4. The van der Waals surface area contributed by atoms with Crippen molar-refractivity contribution in [3.63, 3.8) is 0 Å². The largest absolute Gasteiger partial charge is 0.481 e. The third kappa shape index (κ3) is 5.59. The van der Waals surface area contributed by atoms with Crippen LogP contribution in [0.5, 0.6) is 0 Å². The monoisotopic (exact) mass is 507 g/mol. The molecule has 1 atom stereocenters. The lowest BCUT2D eigenvalue weighted by atomic mass is 9.76. The van der Waals surface area contributed by atoms with Gasteiger partial charge in [0.25, 0.3) is 5.91 Å². The van der Waals surface area contributed by atoms with E-state index in [-0.39, 0.29) is 17.7 Å². The van der Waals surface area contributed by atoms with Crippen molar-refractivity contribution in [2.24, 2.45) is 0 Å². The van der Waals surface area contributed by atoms with Gasteiger partial charge in [0.2, 0.25) is 0 Å². The molecule has 1 N–H and O–H groups in total. The molecule has 0 aliphatic carbocycles. The van der Waals surface area contributed by atoms with Crippen LogP contribution in [0.3, 0.4) is 0 Å². The lowest BCUT2D eigenvalue weighted by Crippen LogP contribution is -2.47. The summed E-state index contributed by atoms with van der Waals surface area (Å²) in [7, 11) is 0. The maximum Gasteiger partial charge on any atom is 0.303 e. The van der Waals surface area contributed by atoms with E-state index in [1.54, 1.807) is 0 Å². The third-order valence-electron chi connectivity index (χ3n) is 7.54. The molecule has 4 aromatic rings. The molecule has 194 valence electrons. The fraction of sp³-hybridized carbons (Fsp3) is 0.312. The highest BCUT2D eigenvalue weighted by molar-refractivity contribution is 5.97. The first-order chi connectivity index (χ1) is 18.4. The number of aromatic nitrogens is 2. The van der Waals surface area contributed by atoms with Crippen molar-refractivity contribution >= 4 is 22.9 Å². The van der Waals surface area contributed by atoms with E-state index in [1.807, 2.05) is 59.5 Å². The number of unbranched alkanes of at least 4 members (excludes halogenated alkanes) is 1. The summed E-state index contributed by atoms with van der Waals surface area (Å²) in [6.07, 6.45) is 4.06. The zero-order valence-electron chi connectivity index (χ0n) is 21.8. The Hall–Kier alpha value is -4.06. The van der Waals surface area contributed by atoms with E-state index < -0.39 is 5.97 Å². The first-order valence-electron chi connectivity index (χ1n) is 13.4.